The van der Waals surface area contributed by atoms with Gasteiger partial charge in [-0.15, -0.1) is 0 Å². The number of hydrogen-bond donors (Lipinski definition) is 0. The number of fused-ring (bicyclic) bond motifs is 10. The third-order valence-corrected chi connectivity index (χ3v) is 8.29. The van der Waals surface area contributed by atoms with Gasteiger partial charge in [-0.1, -0.05) is 121 Å². The van der Waals surface area contributed by atoms with Crippen molar-refractivity contribution in [2.45, 2.75) is 0 Å². The van der Waals surface area contributed by atoms with Crippen molar-refractivity contribution in [3.05, 3.63) is 163 Å². The van der Waals surface area contributed by atoms with Gasteiger partial charge in [0.05, 0.1) is 56.3 Å². The molecule has 0 unspecified atom stereocenters. The summed E-state index contributed by atoms with van der Waals surface area (Å²) < 4.78 is 229. The standard InChI is InChI=1S/C45H27N5O/c1-3-13-28(14-4-1)43-46-44(29-23-24-34-33-19-9-12-22-39(33)51-40(34)27-29)48-45(47-43)50-38-21-11-8-18-32(38)36-26-25-35-31-17-7-10-20-37(31)49(41(35)42(36)50)30-15-5-2-6-16-30/h1-27H/i1D,2D,3D,4D,5D,6D,7D,8D,9D,10D,11D,12D,13D,14D,15D,16D,17D,18D,19D,20D,21D,22D,23D,24D,27D. The van der Waals surface area contributed by atoms with Crippen LogP contribution in [-0.4, -0.2) is 24.1 Å². The van der Waals surface area contributed by atoms with Crippen LogP contribution < -0.4 is 0 Å². The number of hydrogen-bond acceptors (Lipinski definition) is 4. The summed E-state index contributed by atoms with van der Waals surface area (Å²) in [5, 5.41) is -1.49. The van der Waals surface area contributed by atoms with E-state index in [2.05, 4.69) is 15.0 Å². The minimum absolute atomic E-state index is 0.106. The lowest BCUT2D eigenvalue weighted by Gasteiger charge is -2.13. The molecular weight excluding hydrogens is 627 g/mol. The van der Waals surface area contributed by atoms with E-state index in [4.69, 9.17) is 30.5 Å². The van der Waals surface area contributed by atoms with Gasteiger partial charge >= 0.3 is 0 Å². The van der Waals surface area contributed by atoms with Gasteiger partial charge in [0.25, 0.3) is 0 Å². The molecule has 0 N–H and O–H groups in total. The zero-order valence-electron chi connectivity index (χ0n) is 50.3. The summed E-state index contributed by atoms with van der Waals surface area (Å²) in [5.74, 6) is -2.36. The van der Waals surface area contributed by atoms with E-state index < -0.39 is 208 Å². The lowest BCUT2D eigenvalue weighted by molar-refractivity contribution is 0.669. The minimum atomic E-state index is -0.889. The van der Waals surface area contributed by atoms with Crippen LogP contribution in [0, 0.1) is 0 Å². The predicted octanol–water partition coefficient (Wildman–Crippen LogP) is 11.3. The number of benzene rings is 7. The first-order valence-corrected chi connectivity index (χ1v) is 15.0. The molecule has 0 radical (unpaired) electrons. The fourth-order valence-electron chi connectivity index (χ4n) is 6.23. The van der Waals surface area contributed by atoms with E-state index in [0.29, 0.717) is 0 Å². The van der Waals surface area contributed by atoms with E-state index in [9.17, 15) is 8.22 Å². The van der Waals surface area contributed by atoms with Crippen molar-refractivity contribution < 1.29 is 38.7 Å². The first-order valence-electron chi connectivity index (χ1n) is 27.5. The topological polar surface area (TPSA) is 61.7 Å². The maximum Gasteiger partial charge on any atom is 0.238 e. The van der Waals surface area contributed by atoms with Gasteiger partial charge in [-0.25, -0.2) is 4.98 Å². The van der Waals surface area contributed by atoms with Crippen molar-refractivity contribution in [3.8, 4) is 34.4 Å². The maximum atomic E-state index is 9.50. The molecule has 4 heterocycles. The molecule has 0 amide bonds. The summed E-state index contributed by atoms with van der Waals surface area (Å²) in [6, 6.07) is -17.2. The summed E-state index contributed by atoms with van der Waals surface area (Å²) in [7, 11) is 0. The Morgan fingerprint density at radius 2 is 0.980 bits per heavy atom. The number of nitrogens with zero attached hydrogens (tertiary/aromatic N) is 5. The molecule has 11 rings (SSSR count). The molecule has 4 aromatic heterocycles. The van der Waals surface area contributed by atoms with Crippen LogP contribution in [0.15, 0.2) is 168 Å². The normalized spacial score (nSPS) is 18.8. The molecular formula is C45H27N5O. The highest BCUT2D eigenvalue weighted by Crippen LogP contribution is 2.41. The second-order valence-corrected chi connectivity index (χ2v) is 11.0. The van der Waals surface area contributed by atoms with Gasteiger partial charge < -0.3 is 8.98 Å². The Balaban J connectivity index is 1.43. The van der Waals surface area contributed by atoms with Crippen molar-refractivity contribution >= 4 is 65.6 Å². The number of para-hydroxylation sites is 4. The third-order valence-electron chi connectivity index (χ3n) is 8.29. The lowest BCUT2D eigenvalue weighted by Crippen LogP contribution is -2.07. The first kappa shape index (κ1) is 13.0. The van der Waals surface area contributed by atoms with Crippen molar-refractivity contribution in [3.63, 3.8) is 0 Å². The van der Waals surface area contributed by atoms with Gasteiger partial charge in [0.15, 0.2) is 11.6 Å². The van der Waals surface area contributed by atoms with Gasteiger partial charge in [-0.2, -0.15) is 9.97 Å². The van der Waals surface area contributed by atoms with Gasteiger partial charge in [0.1, 0.15) is 11.2 Å². The largest absolute Gasteiger partial charge is 0.456 e. The van der Waals surface area contributed by atoms with Crippen LogP contribution in [0.3, 0.4) is 0 Å². The Kier molecular flexibility index (Phi) is 2.74. The van der Waals surface area contributed by atoms with Crippen LogP contribution in [0.5, 0.6) is 0 Å². The van der Waals surface area contributed by atoms with Crippen LogP contribution in [0.2, 0.25) is 0 Å². The molecule has 51 heavy (non-hydrogen) atoms. The van der Waals surface area contributed by atoms with Crippen molar-refractivity contribution in [1.82, 2.24) is 24.1 Å². The average molecular weight is 679 g/mol. The van der Waals surface area contributed by atoms with Crippen molar-refractivity contribution in [1.29, 1.82) is 0 Å². The minimum Gasteiger partial charge on any atom is -0.456 e. The molecule has 0 saturated heterocycles. The maximum absolute atomic E-state index is 9.50. The highest BCUT2D eigenvalue weighted by molar-refractivity contribution is 6.23. The molecule has 0 saturated carbocycles. The van der Waals surface area contributed by atoms with E-state index in [1.807, 2.05) is 0 Å². The summed E-state index contributed by atoms with van der Waals surface area (Å²) >= 11 is 0. The van der Waals surface area contributed by atoms with Crippen LogP contribution in [0.25, 0.3) is 100.0 Å². The second kappa shape index (κ2) is 10.7. The molecule has 0 aliphatic heterocycles. The zero-order valence-corrected chi connectivity index (χ0v) is 25.3. The van der Waals surface area contributed by atoms with Crippen LogP contribution in [-0.2, 0) is 0 Å². The Bertz CT molecular complexity index is 4540. The fourth-order valence-corrected chi connectivity index (χ4v) is 6.23. The van der Waals surface area contributed by atoms with Crippen LogP contribution in [0.1, 0.15) is 34.3 Å². The summed E-state index contributed by atoms with van der Waals surface area (Å²) in [4.78, 5) is 13.7. The molecule has 0 fully saturated rings. The molecule has 0 atom stereocenters. The SMILES string of the molecule is [2H]c1c([2H])c([2H])c(-c2nc(-c3c([2H])c([2H])c4c(oc5c([2H])c([2H])c([2H])c([2H])c54)c3[2H])nc(-n3c4c([2H])c([2H])c([2H])c([2H])c4c4ccc5c6c([2H])c([2H])c([2H])c([2H])c6n(-c6c([2H])c([2H])c([2H])c([2H])c6[2H])c5c43)n2)c([2H])c1[2H]. The van der Waals surface area contributed by atoms with Gasteiger partial charge in [-0.3, -0.25) is 4.57 Å². The summed E-state index contributed by atoms with van der Waals surface area (Å²) in [6.07, 6.45) is 0. The fraction of sp³-hybridized carbons (Fsp3) is 0. The van der Waals surface area contributed by atoms with E-state index in [1.165, 1.54) is 12.1 Å². The highest BCUT2D eigenvalue weighted by atomic mass is 16.3. The number of rotatable bonds is 4. The summed E-state index contributed by atoms with van der Waals surface area (Å²) in [6.45, 7) is 0. The van der Waals surface area contributed by atoms with E-state index in [-0.39, 0.29) is 43.4 Å². The Morgan fingerprint density at radius 3 is 1.71 bits per heavy atom. The van der Waals surface area contributed by atoms with Crippen LogP contribution >= 0.6 is 0 Å². The molecule has 11 aromatic rings. The molecule has 0 bridgehead atoms. The first-order chi connectivity index (χ1) is 35.7. The Hall–Kier alpha value is -7.05. The molecule has 6 nitrogen and oxygen atoms in total. The van der Waals surface area contributed by atoms with E-state index in [0.717, 1.165) is 9.13 Å². The molecule has 6 heteroatoms. The molecule has 238 valence electrons. The Labute approximate surface area is 326 Å². The average Bonchev–Trinajstić information content (AvgIpc) is 4.09. The van der Waals surface area contributed by atoms with Gasteiger partial charge in [0, 0.05) is 49.1 Å². The van der Waals surface area contributed by atoms with E-state index in [1.54, 1.807) is 0 Å². The highest BCUT2D eigenvalue weighted by Gasteiger charge is 2.23. The number of furan rings is 1. The quantitative estimate of drug-likeness (QED) is 0.186. The summed E-state index contributed by atoms with van der Waals surface area (Å²) in [5.41, 5.74) is -4.64. The second-order valence-electron chi connectivity index (χ2n) is 11.0. The molecule has 0 spiro atoms. The molecule has 0 aliphatic rings. The van der Waals surface area contributed by atoms with Crippen LogP contribution in [0.4, 0.5) is 0 Å². The number of aromatic nitrogens is 5. The third kappa shape index (κ3) is 4.14. The van der Waals surface area contributed by atoms with Gasteiger partial charge in [-0.05, 0) is 42.3 Å². The van der Waals surface area contributed by atoms with Gasteiger partial charge in [0.2, 0.25) is 5.95 Å². The van der Waals surface area contributed by atoms with Crippen molar-refractivity contribution in [2.75, 3.05) is 0 Å². The predicted molar refractivity (Wildman–Crippen MR) is 207 cm³/mol. The lowest BCUT2D eigenvalue weighted by atomic mass is 10.1. The smallest absolute Gasteiger partial charge is 0.238 e. The zero-order chi connectivity index (χ0) is 55.2. The molecule has 0 aliphatic carbocycles. The molecule has 7 aromatic carbocycles. The Morgan fingerprint density at radius 1 is 0.431 bits per heavy atom. The monoisotopic (exact) mass is 678 g/mol. The van der Waals surface area contributed by atoms with Crippen molar-refractivity contribution in [2.24, 2.45) is 0 Å². The van der Waals surface area contributed by atoms with E-state index >= 15 is 0 Å².